The maximum atomic E-state index is 12.9. The second-order valence-corrected chi connectivity index (χ2v) is 4.25. The average Bonchev–Trinajstić information content (AvgIpc) is 2.31. The first-order valence-corrected chi connectivity index (χ1v) is 4.95. The molecular formula is C10H10BrF. The highest BCUT2D eigenvalue weighted by Crippen LogP contribution is 2.38. The lowest BCUT2D eigenvalue weighted by atomic mass is 10.0. The van der Waals surface area contributed by atoms with Crippen LogP contribution >= 0.6 is 15.9 Å². The lowest BCUT2D eigenvalue weighted by molar-refractivity contribution is 0.624. The molecule has 0 spiro atoms. The third-order valence-corrected chi connectivity index (χ3v) is 3.18. The van der Waals surface area contributed by atoms with Crippen molar-refractivity contribution in [3.8, 4) is 0 Å². The molecule has 1 aromatic carbocycles. The van der Waals surface area contributed by atoms with Gasteiger partial charge in [-0.25, -0.2) is 4.39 Å². The van der Waals surface area contributed by atoms with Gasteiger partial charge in [0.05, 0.1) is 0 Å². The summed E-state index contributed by atoms with van der Waals surface area (Å²) in [6, 6.07) is 3.21. The predicted molar refractivity (Wildman–Crippen MR) is 50.8 cm³/mol. The largest absolute Gasteiger partial charge is 0.207 e. The van der Waals surface area contributed by atoms with E-state index in [4.69, 9.17) is 0 Å². The van der Waals surface area contributed by atoms with E-state index in [2.05, 4.69) is 22.9 Å². The van der Waals surface area contributed by atoms with Crippen LogP contribution in [0.1, 0.15) is 30.4 Å². The summed E-state index contributed by atoms with van der Waals surface area (Å²) >= 11 is 3.40. The highest BCUT2D eigenvalue weighted by Gasteiger charge is 2.21. The molecule has 12 heavy (non-hydrogen) atoms. The van der Waals surface area contributed by atoms with Gasteiger partial charge in [0.2, 0.25) is 0 Å². The topological polar surface area (TPSA) is 0 Å². The van der Waals surface area contributed by atoms with Crippen LogP contribution in [0.25, 0.3) is 0 Å². The minimum absolute atomic E-state index is 0.130. The van der Waals surface area contributed by atoms with Crippen LogP contribution in [0.3, 0.4) is 0 Å². The van der Waals surface area contributed by atoms with Crippen molar-refractivity contribution in [1.29, 1.82) is 0 Å². The summed E-state index contributed by atoms with van der Waals surface area (Å²) in [5, 5.41) is 0. The predicted octanol–water partition coefficient (Wildman–Crippen LogP) is 3.64. The molecule has 1 atom stereocenters. The molecule has 0 bridgehead atoms. The van der Waals surface area contributed by atoms with Gasteiger partial charge in [-0.1, -0.05) is 22.9 Å². The molecule has 0 aliphatic heterocycles. The molecule has 2 heteroatoms. The average molecular weight is 229 g/mol. The highest BCUT2D eigenvalue weighted by atomic mass is 79.9. The molecule has 0 saturated heterocycles. The van der Waals surface area contributed by atoms with Gasteiger partial charge in [0.1, 0.15) is 5.82 Å². The molecule has 0 fully saturated rings. The second-order valence-electron chi connectivity index (χ2n) is 3.40. The number of benzene rings is 1. The van der Waals surface area contributed by atoms with E-state index in [1.54, 1.807) is 12.1 Å². The van der Waals surface area contributed by atoms with Gasteiger partial charge in [0, 0.05) is 4.47 Å². The Balaban J connectivity index is 2.60. The van der Waals surface area contributed by atoms with Crippen molar-refractivity contribution >= 4 is 15.9 Å². The fourth-order valence-electron chi connectivity index (χ4n) is 1.91. The molecule has 0 N–H and O–H groups in total. The Morgan fingerprint density at radius 2 is 2.25 bits per heavy atom. The summed E-state index contributed by atoms with van der Waals surface area (Å²) in [6.45, 7) is 2.19. The minimum Gasteiger partial charge on any atom is -0.207 e. The van der Waals surface area contributed by atoms with Gasteiger partial charge < -0.3 is 0 Å². The number of hydrogen-bond acceptors (Lipinski definition) is 0. The Labute approximate surface area is 79.9 Å². The van der Waals surface area contributed by atoms with Gasteiger partial charge in [-0.2, -0.15) is 0 Å². The van der Waals surface area contributed by atoms with E-state index in [0.717, 1.165) is 17.3 Å². The van der Waals surface area contributed by atoms with Crippen molar-refractivity contribution in [2.75, 3.05) is 0 Å². The van der Waals surface area contributed by atoms with Crippen LogP contribution in [0.5, 0.6) is 0 Å². The van der Waals surface area contributed by atoms with Crippen molar-refractivity contribution in [3.63, 3.8) is 0 Å². The first kappa shape index (κ1) is 8.24. The van der Waals surface area contributed by atoms with Crippen molar-refractivity contribution in [2.45, 2.75) is 25.7 Å². The maximum absolute atomic E-state index is 12.9. The summed E-state index contributed by atoms with van der Waals surface area (Å²) in [5.74, 6) is 0.449. The summed E-state index contributed by atoms with van der Waals surface area (Å²) in [6.07, 6.45) is 2.17. The number of fused-ring (bicyclic) bond motifs is 1. The third kappa shape index (κ3) is 1.18. The number of rotatable bonds is 0. The van der Waals surface area contributed by atoms with Crippen molar-refractivity contribution in [3.05, 3.63) is 33.5 Å². The van der Waals surface area contributed by atoms with E-state index in [9.17, 15) is 4.39 Å². The van der Waals surface area contributed by atoms with Crippen LogP contribution in [0.4, 0.5) is 4.39 Å². The van der Waals surface area contributed by atoms with Crippen LogP contribution in [0, 0.1) is 5.82 Å². The zero-order valence-corrected chi connectivity index (χ0v) is 8.49. The van der Waals surface area contributed by atoms with Crippen molar-refractivity contribution in [2.24, 2.45) is 0 Å². The van der Waals surface area contributed by atoms with E-state index in [-0.39, 0.29) is 5.82 Å². The van der Waals surface area contributed by atoms with Gasteiger partial charge in [-0.15, -0.1) is 0 Å². The third-order valence-electron chi connectivity index (χ3n) is 2.52. The van der Waals surface area contributed by atoms with Crippen LogP contribution < -0.4 is 0 Å². The van der Waals surface area contributed by atoms with Gasteiger partial charge in [0.25, 0.3) is 0 Å². The minimum atomic E-state index is -0.130. The van der Waals surface area contributed by atoms with E-state index >= 15 is 0 Å². The summed E-state index contributed by atoms with van der Waals surface area (Å²) < 4.78 is 13.9. The SMILES string of the molecule is CC1CCc2cc(F)cc(Br)c21. The van der Waals surface area contributed by atoms with E-state index in [1.807, 2.05) is 0 Å². The van der Waals surface area contributed by atoms with Crippen molar-refractivity contribution in [1.82, 2.24) is 0 Å². The molecule has 1 aliphatic rings. The molecule has 0 saturated carbocycles. The van der Waals surface area contributed by atoms with Crippen LogP contribution in [-0.2, 0) is 6.42 Å². The fourth-order valence-corrected chi connectivity index (χ4v) is 2.78. The zero-order valence-electron chi connectivity index (χ0n) is 6.90. The Kier molecular flexibility index (Phi) is 1.95. The molecule has 64 valence electrons. The zero-order chi connectivity index (χ0) is 8.72. The molecule has 0 amide bonds. The molecule has 2 rings (SSSR count). The molecule has 1 aliphatic carbocycles. The quantitative estimate of drug-likeness (QED) is 0.637. The van der Waals surface area contributed by atoms with Gasteiger partial charge in [-0.05, 0) is 42.0 Å². The molecular weight excluding hydrogens is 219 g/mol. The van der Waals surface area contributed by atoms with Gasteiger partial charge in [0.15, 0.2) is 0 Å². The Morgan fingerprint density at radius 3 is 3.00 bits per heavy atom. The Bertz CT molecular complexity index is 320. The Morgan fingerprint density at radius 1 is 1.50 bits per heavy atom. The molecule has 0 heterocycles. The first-order chi connectivity index (χ1) is 5.68. The molecule has 0 radical (unpaired) electrons. The lowest BCUT2D eigenvalue weighted by Crippen LogP contribution is -1.89. The number of aryl methyl sites for hydroxylation is 1. The highest BCUT2D eigenvalue weighted by molar-refractivity contribution is 9.10. The summed E-state index contributed by atoms with van der Waals surface area (Å²) in [5.41, 5.74) is 2.48. The first-order valence-electron chi connectivity index (χ1n) is 4.16. The standard InChI is InChI=1S/C10H10BrF/c1-6-2-3-7-4-8(12)5-9(11)10(6)7/h4-6H,2-3H2,1H3. The van der Waals surface area contributed by atoms with E-state index in [0.29, 0.717) is 5.92 Å². The second kappa shape index (κ2) is 2.84. The lowest BCUT2D eigenvalue weighted by Gasteiger charge is -2.06. The molecule has 0 aromatic heterocycles. The number of hydrogen-bond donors (Lipinski definition) is 0. The van der Waals surface area contributed by atoms with Crippen LogP contribution in [0.15, 0.2) is 16.6 Å². The van der Waals surface area contributed by atoms with Crippen LogP contribution in [0.2, 0.25) is 0 Å². The molecule has 1 unspecified atom stereocenters. The monoisotopic (exact) mass is 228 g/mol. The van der Waals surface area contributed by atoms with Crippen molar-refractivity contribution < 1.29 is 4.39 Å². The Hall–Kier alpha value is -0.370. The normalized spacial score (nSPS) is 21.1. The van der Waals surface area contributed by atoms with Gasteiger partial charge >= 0.3 is 0 Å². The smallest absolute Gasteiger partial charge is 0.124 e. The fraction of sp³-hybridized carbons (Fsp3) is 0.400. The molecule has 1 aromatic rings. The van der Waals surface area contributed by atoms with Gasteiger partial charge in [-0.3, -0.25) is 0 Å². The van der Waals surface area contributed by atoms with Crippen LogP contribution in [-0.4, -0.2) is 0 Å². The maximum Gasteiger partial charge on any atom is 0.124 e. The summed E-state index contributed by atoms with van der Waals surface area (Å²) in [7, 11) is 0. The molecule has 0 nitrogen and oxygen atoms in total. The van der Waals surface area contributed by atoms with E-state index in [1.165, 1.54) is 11.1 Å². The van der Waals surface area contributed by atoms with E-state index < -0.39 is 0 Å². The number of halogens is 2. The summed E-state index contributed by atoms with van der Waals surface area (Å²) in [4.78, 5) is 0.